The lowest BCUT2D eigenvalue weighted by molar-refractivity contribution is -0.140. The third kappa shape index (κ3) is 7.90. The van der Waals surface area contributed by atoms with E-state index in [-0.39, 0.29) is 42.8 Å². The van der Waals surface area contributed by atoms with Gasteiger partial charge in [0.1, 0.15) is 11.8 Å². The number of hydrogen-bond acceptors (Lipinski definition) is 5. The highest BCUT2D eigenvalue weighted by Crippen LogP contribution is 2.30. The fourth-order valence-corrected chi connectivity index (χ4v) is 5.12. The Morgan fingerprint density at radius 1 is 1.09 bits per heavy atom. The number of carbonyl (C=O) groups excluding carboxylic acids is 2. The van der Waals surface area contributed by atoms with Crippen LogP contribution in [-0.4, -0.2) is 58.1 Å². The zero-order valence-electron chi connectivity index (χ0n) is 19.8. The van der Waals surface area contributed by atoms with Crippen molar-refractivity contribution in [1.29, 1.82) is 0 Å². The molecule has 0 aliphatic carbocycles. The number of ether oxygens (including phenoxy) is 1. The third-order valence-corrected chi connectivity index (χ3v) is 7.42. The number of anilines is 1. The quantitative estimate of drug-likeness (QED) is 0.437. The Kier molecular flexibility index (Phi) is 10.5. The summed E-state index contributed by atoms with van der Waals surface area (Å²) < 4.78 is 31.1. The number of sulfonamides is 1. The van der Waals surface area contributed by atoms with Crippen molar-refractivity contribution in [2.75, 3.05) is 31.3 Å². The minimum absolute atomic E-state index is 0.00243. The van der Waals surface area contributed by atoms with Crippen LogP contribution in [0.4, 0.5) is 5.69 Å². The van der Waals surface area contributed by atoms with Crippen LogP contribution in [0.3, 0.4) is 0 Å². The standard InChI is InChI=1S/C23H28Cl3N3O5S/c1-15(23(31)27-2)28(14-16-7-8-17(24)12-19(16)25)22(30)6-5-11-29(35(4,32)33)18-9-10-21(34-3)20(26)13-18/h7-10,12-13,15H,5-6,11,14H2,1-4H3,(H,27,31)/t15-/m0/s1. The van der Waals surface area contributed by atoms with Gasteiger partial charge in [0.25, 0.3) is 0 Å². The second kappa shape index (κ2) is 12.7. The average molecular weight is 565 g/mol. The summed E-state index contributed by atoms with van der Waals surface area (Å²) >= 11 is 18.4. The van der Waals surface area contributed by atoms with Gasteiger partial charge in [-0.1, -0.05) is 40.9 Å². The molecule has 0 aliphatic rings. The molecule has 2 aromatic carbocycles. The van der Waals surface area contributed by atoms with Gasteiger partial charge in [0, 0.05) is 36.6 Å². The Hall–Kier alpha value is -2.20. The normalized spacial score (nSPS) is 12.1. The Morgan fingerprint density at radius 3 is 2.31 bits per heavy atom. The smallest absolute Gasteiger partial charge is 0.242 e. The number of nitrogens with one attached hydrogen (secondary N) is 1. The summed E-state index contributed by atoms with van der Waals surface area (Å²) in [6, 6.07) is 8.78. The molecule has 0 heterocycles. The number of benzene rings is 2. The van der Waals surface area contributed by atoms with Gasteiger partial charge in [0.2, 0.25) is 21.8 Å². The van der Waals surface area contributed by atoms with Crippen molar-refractivity contribution in [2.45, 2.75) is 32.4 Å². The monoisotopic (exact) mass is 563 g/mol. The second-order valence-corrected chi connectivity index (χ2v) is 11.0. The van der Waals surface area contributed by atoms with E-state index in [1.54, 1.807) is 37.3 Å². The highest BCUT2D eigenvalue weighted by molar-refractivity contribution is 7.92. The molecule has 1 atom stereocenters. The van der Waals surface area contributed by atoms with Gasteiger partial charge in [-0.25, -0.2) is 8.42 Å². The minimum Gasteiger partial charge on any atom is -0.495 e. The fourth-order valence-electron chi connectivity index (χ4n) is 3.44. The van der Waals surface area contributed by atoms with E-state index in [4.69, 9.17) is 39.5 Å². The van der Waals surface area contributed by atoms with Crippen LogP contribution in [0.1, 0.15) is 25.3 Å². The van der Waals surface area contributed by atoms with Gasteiger partial charge in [-0.05, 0) is 49.2 Å². The van der Waals surface area contributed by atoms with Gasteiger partial charge >= 0.3 is 0 Å². The van der Waals surface area contributed by atoms with Gasteiger partial charge < -0.3 is 15.0 Å². The first kappa shape index (κ1) is 29.0. The maximum atomic E-state index is 13.2. The van der Waals surface area contributed by atoms with Crippen molar-refractivity contribution < 1.29 is 22.7 Å². The van der Waals surface area contributed by atoms with Crippen LogP contribution in [0.2, 0.25) is 15.1 Å². The van der Waals surface area contributed by atoms with Crippen molar-refractivity contribution in [3.63, 3.8) is 0 Å². The molecule has 1 N–H and O–H groups in total. The maximum Gasteiger partial charge on any atom is 0.242 e. The predicted molar refractivity (Wildman–Crippen MR) is 140 cm³/mol. The Labute approximate surface area is 221 Å². The van der Waals surface area contributed by atoms with E-state index in [0.29, 0.717) is 27.0 Å². The lowest BCUT2D eigenvalue weighted by atomic mass is 10.1. The first-order valence-corrected chi connectivity index (χ1v) is 13.6. The molecule has 12 heteroatoms. The van der Waals surface area contributed by atoms with Gasteiger partial charge in [-0.15, -0.1) is 0 Å². The van der Waals surface area contributed by atoms with Crippen LogP contribution in [0.5, 0.6) is 5.75 Å². The topological polar surface area (TPSA) is 96.0 Å². The van der Waals surface area contributed by atoms with Crippen molar-refractivity contribution in [1.82, 2.24) is 10.2 Å². The summed E-state index contributed by atoms with van der Waals surface area (Å²) in [6.45, 7) is 1.74. The summed E-state index contributed by atoms with van der Waals surface area (Å²) in [6.07, 6.45) is 1.29. The molecule has 192 valence electrons. The van der Waals surface area contributed by atoms with Crippen LogP contribution in [0.15, 0.2) is 36.4 Å². The zero-order chi connectivity index (χ0) is 26.3. The number of methoxy groups -OCH3 is 1. The van der Waals surface area contributed by atoms with E-state index in [9.17, 15) is 18.0 Å². The molecule has 0 saturated heterocycles. The van der Waals surface area contributed by atoms with Gasteiger partial charge in [0.15, 0.2) is 0 Å². The van der Waals surface area contributed by atoms with Crippen molar-refractivity contribution >= 4 is 62.3 Å². The average Bonchev–Trinajstić information content (AvgIpc) is 2.79. The highest BCUT2D eigenvalue weighted by atomic mass is 35.5. The predicted octanol–water partition coefficient (Wildman–Crippen LogP) is 4.36. The Morgan fingerprint density at radius 2 is 1.77 bits per heavy atom. The zero-order valence-corrected chi connectivity index (χ0v) is 22.9. The number of halogens is 3. The van der Waals surface area contributed by atoms with Crippen molar-refractivity contribution in [2.24, 2.45) is 0 Å². The Balaban J connectivity index is 2.20. The lowest BCUT2D eigenvalue weighted by Gasteiger charge is -2.29. The van der Waals surface area contributed by atoms with E-state index < -0.39 is 16.1 Å². The molecular weight excluding hydrogens is 537 g/mol. The Bertz CT molecular complexity index is 1180. The van der Waals surface area contributed by atoms with Gasteiger partial charge in [-0.2, -0.15) is 0 Å². The molecule has 0 aliphatic heterocycles. The molecule has 0 fully saturated rings. The largest absolute Gasteiger partial charge is 0.495 e. The van der Waals surface area contributed by atoms with E-state index in [1.807, 2.05) is 0 Å². The summed E-state index contributed by atoms with van der Waals surface area (Å²) in [7, 11) is -0.701. The minimum atomic E-state index is -3.65. The third-order valence-electron chi connectivity index (χ3n) is 5.35. The second-order valence-electron chi connectivity index (χ2n) is 7.81. The molecule has 0 bridgehead atoms. The fraction of sp³-hybridized carbons (Fsp3) is 0.391. The molecular formula is C23H28Cl3N3O5S. The van der Waals surface area contributed by atoms with Crippen LogP contribution in [-0.2, 0) is 26.2 Å². The van der Waals surface area contributed by atoms with Gasteiger partial charge in [-0.3, -0.25) is 13.9 Å². The molecule has 8 nitrogen and oxygen atoms in total. The highest BCUT2D eigenvalue weighted by Gasteiger charge is 2.27. The van der Waals surface area contributed by atoms with Crippen molar-refractivity contribution in [3.8, 4) is 5.75 Å². The molecule has 2 aromatic rings. The molecule has 0 radical (unpaired) electrons. The number of hydrogen-bond donors (Lipinski definition) is 1. The van der Waals surface area contributed by atoms with Gasteiger partial charge in [0.05, 0.1) is 24.1 Å². The number of nitrogens with zero attached hydrogens (tertiary/aromatic N) is 2. The number of likely N-dealkylation sites (N-methyl/N-ethyl adjacent to an activating group) is 1. The number of carbonyl (C=O) groups is 2. The molecule has 0 spiro atoms. The van der Waals surface area contributed by atoms with Crippen LogP contribution in [0.25, 0.3) is 0 Å². The molecule has 0 aromatic heterocycles. The molecule has 0 saturated carbocycles. The molecule has 2 amide bonds. The lowest BCUT2D eigenvalue weighted by Crippen LogP contribution is -2.46. The first-order chi connectivity index (χ1) is 16.4. The van der Waals surface area contributed by atoms with E-state index in [1.165, 1.54) is 29.4 Å². The van der Waals surface area contributed by atoms with Crippen LogP contribution in [0, 0.1) is 0 Å². The van der Waals surface area contributed by atoms with E-state index in [2.05, 4.69) is 5.32 Å². The summed E-state index contributed by atoms with van der Waals surface area (Å²) in [5.41, 5.74) is 0.986. The molecule has 0 unspecified atom stereocenters. The van der Waals surface area contributed by atoms with Crippen LogP contribution < -0.4 is 14.4 Å². The number of rotatable bonds is 11. The van der Waals surface area contributed by atoms with E-state index in [0.717, 1.165) is 6.26 Å². The van der Waals surface area contributed by atoms with Crippen LogP contribution >= 0.6 is 34.8 Å². The molecule has 35 heavy (non-hydrogen) atoms. The van der Waals surface area contributed by atoms with E-state index >= 15 is 0 Å². The SMILES string of the molecule is CNC(=O)[C@H](C)N(Cc1ccc(Cl)cc1Cl)C(=O)CCCN(c1ccc(OC)c(Cl)c1)S(C)(=O)=O. The summed E-state index contributed by atoms with van der Waals surface area (Å²) in [5, 5.41) is 3.64. The first-order valence-electron chi connectivity index (χ1n) is 10.6. The van der Waals surface area contributed by atoms with Crippen molar-refractivity contribution in [3.05, 3.63) is 57.0 Å². The summed E-state index contributed by atoms with van der Waals surface area (Å²) in [5.74, 6) is -0.249. The number of amides is 2. The summed E-state index contributed by atoms with van der Waals surface area (Å²) in [4.78, 5) is 26.9. The maximum absolute atomic E-state index is 13.2. The molecule has 2 rings (SSSR count).